The van der Waals surface area contributed by atoms with E-state index in [0.717, 1.165) is 43.0 Å². The molecule has 0 saturated heterocycles. The first-order valence-electron chi connectivity index (χ1n) is 7.53. The van der Waals surface area contributed by atoms with Gasteiger partial charge in [0, 0.05) is 0 Å². The first-order chi connectivity index (χ1) is 9.20. The highest BCUT2D eigenvalue weighted by molar-refractivity contribution is 5.33. The van der Waals surface area contributed by atoms with Crippen LogP contribution in [0.25, 0.3) is 0 Å². The van der Waals surface area contributed by atoms with E-state index in [4.69, 9.17) is 4.74 Å². The molecule has 0 radical (unpaired) electrons. The minimum atomic E-state index is 0.728. The molecule has 2 rings (SSSR count). The summed E-state index contributed by atoms with van der Waals surface area (Å²) in [6.45, 7) is 6.79. The van der Waals surface area contributed by atoms with Gasteiger partial charge >= 0.3 is 0 Å². The Morgan fingerprint density at radius 2 is 1.95 bits per heavy atom. The van der Waals surface area contributed by atoms with Crippen molar-refractivity contribution in [2.75, 3.05) is 20.2 Å². The molecule has 1 saturated carbocycles. The molecule has 1 N–H and O–H groups in total. The third kappa shape index (κ3) is 4.54. The van der Waals surface area contributed by atoms with Crippen molar-refractivity contribution in [3.8, 4) is 5.75 Å². The molecule has 1 atom stereocenters. The summed E-state index contributed by atoms with van der Waals surface area (Å²) >= 11 is 0. The van der Waals surface area contributed by atoms with Crippen LogP contribution in [-0.2, 0) is 6.42 Å². The Hall–Kier alpha value is -1.02. The molecule has 0 bridgehead atoms. The van der Waals surface area contributed by atoms with Crippen molar-refractivity contribution in [3.05, 3.63) is 29.8 Å². The monoisotopic (exact) mass is 261 g/mol. The molecule has 2 nitrogen and oxygen atoms in total. The second kappa shape index (κ2) is 6.95. The van der Waals surface area contributed by atoms with E-state index >= 15 is 0 Å². The second-order valence-corrected chi connectivity index (χ2v) is 6.17. The summed E-state index contributed by atoms with van der Waals surface area (Å²) in [6.07, 6.45) is 3.95. The van der Waals surface area contributed by atoms with Crippen LogP contribution in [-0.4, -0.2) is 20.2 Å². The van der Waals surface area contributed by atoms with E-state index in [1.807, 2.05) is 6.07 Å². The average molecular weight is 261 g/mol. The summed E-state index contributed by atoms with van der Waals surface area (Å²) in [5, 5.41) is 3.62. The predicted octanol–water partition coefficient (Wildman–Crippen LogP) is 3.51. The molecular formula is C17H27NO. The molecule has 1 aliphatic carbocycles. The van der Waals surface area contributed by atoms with Gasteiger partial charge in [-0.2, -0.15) is 0 Å². The number of para-hydroxylation sites is 1. The summed E-state index contributed by atoms with van der Waals surface area (Å²) in [4.78, 5) is 0. The molecule has 0 heterocycles. The van der Waals surface area contributed by atoms with Crippen LogP contribution in [0.3, 0.4) is 0 Å². The van der Waals surface area contributed by atoms with E-state index in [2.05, 4.69) is 37.4 Å². The lowest BCUT2D eigenvalue weighted by Gasteiger charge is -2.19. The van der Waals surface area contributed by atoms with Crippen molar-refractivity contribution < 1.29 is 4.74 Å². The van der Waals surface area contributed by atoms with Gasteiger partial charge < -0.3 is 10.1 Å². The van der Waals surface area contributed by atoms with Crippen LogP contribution in [0.1, 0.15) is 32.3 Å². The summed E-state index contributed by atoms with van der Waals surface area (Å²) < 4.78 is 5.47. The smallest absolute Gasteiger partial charge is 0.122 e. The van der Waals surface area contributed by atoms with E-state index < -0.39 is 0 Å². The van der Waals surface area contributed by atoms with E-state index in [1.165, 1.54) is 18.4 Å². The molecule has 1 aliphatic rings. The highest BCUT2D eigenvalue weighted by Crippen LogP contribution is 2.39. The van der Waals surface area contributed by atoms with E-state index in [0.29, 0.717) is 0 Å². The Morgan fingerprint density at radius 1 is 1.21 bits per heavy atom. The predicted molar refractivity (Wildman–Crippen MR) is 80.6 cm³/mol. The van der Waals surface area contributed by atoms with Crippen LogP contribution in [0.15, 0.2) is 24.3 Å². The summed E-state index contributed by atoms with van der Waals surface area (Å²) in [5.41, 5.74) is 1.35. The zero-order valence-corrected chi connectivity index (χ0v) is 12.5. The van der Waals surface area contributed by atoms with Gasteiger partial charge in [-0.25, -0.2) is 0 Å². The van der Waals surface area contributed by atoms with Crippen molar-refractivity contribution >= 4 is 0 Å². The van der Waals surface area contributed by atoms with Gasteiger partial charge in [-0.1, -0.05) is 32.0 Å². The van der Waals surface area contributed by atoms with Gasteiger partial charge in [0.05, 0.1) is 7.11 Å². The third-order valence-corrected chi connectivity index (χ3v) is 3.92. The Balaban J connectivity index is 1.92. The molecule has 1 aromatic carbocycles. The standard InChI is InChI=1S/C17H27NO/c1-13(2)11-18-12-16(14-8-9-14)10-15-6-4-5-7-17(15)19-3/h4-7,13-14,16,18H,8-12H2,1-3H3. The van der Waals surface area contributed by atoms with Crippen LogP contribution in [0.2, 0.25) is 0 Å². The molecule has 2 heteroatoms. The first kappa shape index (κ1) is 14.4. The van der Waals surface area contributed by atoms with Crippen molar-refractivity contribution in [1.29, 1.82) is 0 Å². The Labute approximate surface area is 117 Å². The molecule has 0 aliphatic heterocycles. The largest absolute Gasteiger partial charge is 0.496 e. The number of hydrogen-bond acceptors (Lipinski definition) is 2. The molecule has 1 aromatic rings. The van der Waals surface area contributed by atoms with E-state index in [-0.39, 0.29) is 0 Å². The van der Waals surface area contributed by atoms with Crippen LogP contribution < -0.4 is 10.1 Å². The van der Waals surface area contributed by atoms with Crippen molar-refractivity contribution in [2.45, 2.75) is 33.1 Å². The highest BCUT2D eigenvalue weighted by atomic mass is 16.5. The topological polar surface area (TPSA) is 21.3 Å². The van der Waals surface area contributed by atoms with Crippen LogP contribution in [0, 0.1) is 17.8 Å². The number of methoxy groups -OCH3 is 1. The molecule has 106 valence electrons. The Morgan fingerprint density at radius 3 is 2.58 bits per heavy atom. The molecule has 1 unspecified atom stereocenters. The molecule has 0 amide bonds. The van der Waals surface area contributed by atoms with Crippen LogP contribution in [0.5, 0.6) is 5.75 Å². The van der Waals surface area contributed by atoms with Gasteiger partial charge in [-0.05, 0) is 61.7 Å². The minimum absolute atomic E-state index is 0.728. The number of rotatable bonds is 8. The molecule has 0 aromatic heterocycles. The number of ether oxygens (including phenoxy) is 1. The highest BCUT2D eigenvalue weighted by Gasteiger charge is 2.31. The fourth-order valence-electron chi connectivity index (χ4n) is 2.68. The number of hydrogen-bond donors (Lipinski definition) is 1. The van der Waals surface area contributed by atoms with Crippen molar-refractivity contribution in [1.82, 2.24) is 5.32 Å². The fraction of sp³-hybridized carbons (Fsp3) is 0.647. The van der Waals surface area contributed by atoms with Crippen molar-refractivity contribution in [2.24, 2.45) is 17.8 Å². The average Bonchev–Trinajstić information content (AvgIpc) is 3.22. The Bertz CT molecular complexity index is 385. The summed E-state index contributed by atoms with van der Waals surface area (Å²) in [5.74, 6) is 3.45. The second-order valence-electron chi connectivity index (χ2n) is 6.17. The fourth-order valence-corrected chi connectivity index (χ4v) is 2.68. The SMILES string of the molecule is COc1ccccc1CC(CNCC(C)C)C1CC1. The van der Waals surface area contributed by atoms with Gasteiger partial charge in [0.15, 0.2) is 0 Å². The lowest BCUT2D eigenvalue weighted by Crippen LogP contribution is -2.28. The normalized spacial score (nSPS) is 16.6. The quantitative estimate of drug-likeness (QED) is 0.773. The zero-order chi connectivity index (χ0) is 13.7. The molecule has 1 fully saturated rings. The maximum absolute atomic E-state index is 5.47. The lowest BCUT2D eigenvalue weighted by atomic mass is 9.94. The molecular weight excluding hydrogens is 234 g/mol. The van der Waals surface area contributed by atoms with Gasteiger partial charge in [0.25, 0.3) is 0 Å². The third-order valence-electron chi connectivity index (χ3n) is 3.92. The minimum Gasteiger partial charge on any atom is -0.496 e. The summed E-state index contributed by atoms with van der Waals surface area (Å²) in [6, 6.07) is 8.44. The van der Waals surface area contributed by atoms with Crippen molar-refractivity contribution in [3.63, 3.8) is 0 Å². The summed E-state index contributed by atoms with van der Waals surface area (Å²) in [7, 11) is 1.77. The van der Waals surface area contributed by atoms with Gasteiger partial charge in [0.1, 0.15) is 5.75 Å². The van der Waals surface area contributed by atoms with Gasteiger partial charge in [-0.15, -0.1) is 0 Å². The maximum Gasteiger partial charge on any atom is 0.122 e. The van der Waals surface area contributed by atoms with Crippen LogP contribution >= 0.6 is 0 Å². The maximum atomic E-state index is 5.47. The first-order valence-corrected chi connectivity index (χ1v) is 7.53. The number of nitrogens with one attached hydrogen (secondary N) is 1. The van der Waals surface area contributed by atoms with E-state index in [9.17, 15) is 0 Å². The van der Waals surface area contributed by atoms with E-state index in [1.54, 1.807) is 7.11 Å². The van der Waals surface area contributed by atoms with Gasteiger partial charge in [-0.3, -0.25) is 0 Å². The van der Waals surface area contributed by atoms with Crippen LogP contribution in [0.4, 0.5) is 0 Å². The van der Waals surface area contributed by atoms with Gasteiger partial charge in [0.2, 0.25) is 0 Å². The zero-order valence-electron chi connectivity index (χ0n) is 12.5. The molecule has 19 heavy (non-hydrogen) atoms. The number of benzene rings is 1. The Kier molecular flexibility index (Phi) is 5.26. The molecule has 0 spiro atoms. The lowest BCUT2D eigenvalue weighted by molar-refractivity contribution is 0.384.